The normalized spacial score (nSPS) is 26.4. The van der Waals surface area contributed by atoms with Crippen LogP contribution in [0.25, 0.3) is 0 Å². The Morgan fingerprint density at radius 2 is 2.00 bits per heavy atom. The Bertz CT molecular complexity index is 432. The van der Waals surface area contributed by atoms with Crippen LogP contribution in [0.5, 0.6) is 0 Å². The van der Waals surface area contributed by atoms with Crippen LogP contribution in [0.3, 0.4) is 0 Å². The van der Waals surface area contributed by atoms with E-state index in [1.807, 2.05) is 0 Å². The molecule has 1 aromatic rings. The molecule has 1 atom stereocenters. The van der Waals surface area contributed by atoms with Gasteiger partial charge in [0.2, 0.25) is 11.7 Å². The molecule has 1 aromatic heterocycles. The molecule has 0 spiro atoms. The molecule has 1 saturated heterocycles. The van der Waals surface area contributed by atoms with Gasteiger partial charge in [-0.05, 0) is 39.2 Å². The molecule has 118 valence electrons. The number of hydrogen-bond acceptors (Lipinski definition) is 5. The van der Waals surface area contributed by atoms with Gasteiger partial charge < -0.3 is 14.6 Å². The summed E-state index contributed by atoms with van der Waals surface area (Å²) in [6.45, 7) is 3.79. The Kier molecular flexibility index (Phi) is 4.91. The topological polar surface area (TPSA) is 60.2 Å². The molecule has 5 nitrogen and oxygen atoms in total. The molecule has 2 aliphatic rings. The highest BCUT2D eigenvalue weighted by atomic mass is 16.5. The average molecular weight is 293 g/mol. The second-order valence-electron chi connectivity index (χ2n) is 6.30. The number of nitrogens with one attached hydrogen (secondary N) is 1. The maximum atomic E-state index is 6.13. The van der Waals surface area contributed by atoms with E-state index in [0.29, 0.717) is 6.61 Å². The van der Waals surface area contributed by atoms with Crippen molar-refractivity contribution in [1.29, 1.82) is 0 Å². The number of hydrogen-bond donors (Lipinski definition) is 1. The number of rotatable bonds is 4. The van der Waals surface area contributed by atoms with Gasteiger partial charge in [-0.15, -0.1) is 0 Å². The average Bonchev–Trinajstić information content (AvgIpc) is 2.91. The molecule has 0 amide bonds. The van der Waals surface area contributed by atoms with Crippen molar-refractivity contribution in [1.82, 2.24) is 15.5 Å². The molecule has 2 heterocycles. The Hall–Kier alpha value is -0.940. The summed E-state index contributed by atoms with van der Waals surface area (Å²) >= 11 is 0. The summed E-state index contributed by atoms with van der Waals surface area (Å²) in [5.41, 5.74) is -0.318. The highest BCUT2D eigenvalue weighted by Crippen LogP contribution is 2.38. The molecule has 1 aliphatic heterocycles. The first-order valence-corrected chi connectivity index (χ1v) is 8.55. The van der Waals surface area contributed by atoms with Crippen LogP contribution in [0, 0.1) is 0 Å². The molecule has 0 bridgehead atoms. The van der Waals surface area contributed by atoms with Crippen molar-refractivity contribution in [2.45, 2.75) is 76.4 Å². The van der Waals surface area contributed by atoms with Crippen molar-refractivity contribution in [3.8, 4) is 0 Å². The smallest absolute Gasteiger partial charge is 0.243 e. The predicted molar refractivity (Wildman–Crippen MR) is 79.9 cm³/mol. The maximum absolute atomic E-state index is 6.13. The van der Waals surface area contributed by atoms with E-state index in [-0.39, 0.29) is 11.6 Å². The fourth-order valence-electron chi connectivity index (χ4n) is 3.63. The van der Waals surface area contributed by atoms with E-state index in [0.717, 1.165) is 37.5 Å². The Balaban J connectivity index is 1.80. The highest BCUT2D eigenvalue weighted by molar-refractivity contribution is 5.05. The molecule has 5 heteroatoms. The van der Waals surface area contributed by atoms with Crippen LogP contribution in [0.15, 0.2) is 4.52 Å². The molecular formula is C16H27N3O2. The van der Waals surface area contributed by atoms with E-state index in [2.05, 4.69) is 17.4 Å². The second kappa shape index (κ2) is 6.88. The van der Waals surface area contributed by atoms with Crippen molar-refractivity contribution in [2.24, 2.45) is 0 Å². The van der Waals surface area contributed by atoms with Crippen LogP contribution in [-0.2, 0) is 10.3 Å². The third kappa shape index (κ3) is 3.29. The summed E-state index contributed by atoms with van der Waals surface area (Å²) in [6.07, 6.45) is 10.5. The lowest BCUT2D eigenvalue weighted by Crippen LogP contribution is -2.31. The third-order valence-electron chi connectivity index (χ3n) is 4.79. The Labute approximate surface area is 126 Å². The number of piperidine rings is 1. The quantitative estimate of drug-likeness (QED) is 0.861. The van der Waals surface area contributed by atoms with Gasteiger partial charge in [-0.25, -0.2) is 0 Å². The minimum Gasteiger partial charge on any atom is -0.367 e. The fraction of sp³-hybridized carbons (Fsp3) is 0.875. The molecule has 21 heavy (non-hydrogen) atoms. The van der Waals surface area contributed by atoms with Gasteiger partial charge in [-0.1, -0.05) is 37.3 Å². The van der Waals surface area contributed by atoms with E-state index >= 15 is 0 Å². The number of aromatic nitrogens is 2. The minimum absolute atomic E-state index is 0.226. The monoisotopic (exact) mass is 293 g/mol. The molecule has 1 aliphatic carbocycles. The Morgan fingerprint density at radius 3 is 2.67 bits per heavy atom. The van der Waals surface area contributed by atoms with Crippen molar-refractivity contribution in [2.75, 3.05) is 13.2 Å². The fourth-order valence-corrected chi connectivity index (χ4v) is 3.63. The summed E-state index contributed by atoms with van der Waals surface area (Å²) < 4.78 is 11.7. The van der Waals surface area contributed by atoms with Crippen LogP contribution in [0.1, 0.15) is 82.5 Å². The molecule has 2 fully saturated rings. The van der Waals surface area contributed by atoms with Crippen molar-refractivity contribution < 1.29 is 9.26 Å². The molecule has 0 radical (unpaired) electrons. The first-order chi connectivity index (χ1) is 10.3. The van der Waals surface area contributed by atoms with E-state index in [9.17, 15) is 0 Å². The summed E-state index contributed by atoms with van der Waals surface area (Å²) in [5, 5.41) is 7.77. The third-order valence-corrected chi connectivity index (χ3v) is 4.79. The first-order valence-electron chi connectivity index (χ1n) is 8.55. The van der Waals surface area contributed by atoms with E-state index in [1.54, 1.807) is 0 Å². The SMILES string of the molecule is CCOC1(c2noc(C3CCCCN3)n2)CCCCCC1. The van der Waals surface area contributed by atoms with Gasteiger partial charge in [0.1, 0.15) is 5.60 Å². The number of nitrogens with zero attached hydrogens (tertiary/aromatic N) is 2. The lowest BCUT2D eigenvalue weighted by molar-refractivity contribution is -0.0636. The summed E-state index contributed by atoms with van der Waals surface area (Å²) in [6, 6.07) is 0.226. The van der Waals surface area contributed by atoms with E-state index in [4.69, 9.17) is 14.2 Å². The zero-order valence-electron chi connectivity index (χ0n) is 13.1. The van der Waals surface area contributed by atoms with Gasteiger partial charge >= 0.3 is 0 Å². The van der Waals surface area contributed by atoms with Gasteiger partial charge in [0.15, 0.2) is 0 Å². The van der Waals surface area contributed by atoms with Gasteiger partial charge in [0.25, 0.3) is 0 Å². The molecule has 3 rings (SSSR count). The highest BCUT2D eigenvalue weighted by Gasteiger charge is 2.39. The van der Waals surface area contributed by atoms with Crippen LogP contribution in [-0.4, -0.2) is 23.3 Å². The van der Waals surface area contributed by atoms with Crippen LogP contribution < -0.4 is 5.32 Å². The van der Waals surface area contributed by atoms with Gasteiger partial charge in [0, 0.05) is 6.61 Å². The van der Waals surface area contributed by atoms with Crippen molar-refractivity contribution in [3.05, 3.63) is 11.7 Å². The lowest BCUT2D eigenvalue weighted by Gasteiger charge is -2.29. The van der Waals surface area contributed by atoms with Crippen LogP contribution in [0.2, 0.25) is 0 Å². The first kappa shape index (κ1) is 15.0. The second-order valence-corrected chi connectivity index (χ2v) is 6.30. The molecular weight excluding hydrogens is 266 g/mol. The summed E-state index contributed by atoms with van der Waals surface area (Å²) in [4.78, 5) is 4.72. The van der Waals surface area contributed by atoms with Crippen molar-refractivity contribution in [3.63, 3.8) is 0 Å². The lowest BCUT2D eigenvalue weighted by atomic mass is 9.93. The zero-order valence-corrected chi connectivity index (χ0v) is 13.1. The van der Waals surface area contributed by atoms with Gasteiger partial charge in [-0.2, -0.15) is 4.98 Å². The zero-order chi connectivity index (χ0) is 14.5. The summed E-state index contributed by atoms with van der Waals surface area (Å²) in [5.74, 6) is 1.52. The summed E-state index contributed by atoms with van der Waals surface area (Å²) in [7, 11) is 0. The molecule has 1 N–H and O–H groups in total. The largest absolute Gasteiger partial charge is 0.367 e. The molecule has 1 saturated carbocycles. The molecule has 0 aromatic carbocycles. The number of ether oxygens (including phenoxy) is 1. The predicted octanol–water partition coefficient (Wildman–Crippen LogP) is 3.47. The maximum Gasteiger partial charge on any atom is 0.243 e. The minimum atomic E-state index is -0.318. The van der Waals surface area contributed by atoms with E-state index < -0.39 is 0 Å². The van der Waals surface area contributed by atoms with Crippen LogP contribution in [0.4, 0.5) is 0 Å². The molecule has 1 unspecified atom stereocenters. The van der Waals surface area contributed by atoms with Gasteiger partial charge in [0.05, 0.1) is 6.04 Å². The standard InChI is InChI=1S/C16H27N3O2/c1-2-20-16(10-6-3-4-7-11-16)15-18-14(21-19-15)13-9-5-8-12-17-13/h13,17H,2-12H2,1H3. The van der Waals surface area contributed by atoms with E-state index in [1.165, 1.54) is 38.5 Å². The van der Waals surface area contributed by atoms with Crippen molar-refractivity contribution >= 4 is 0 Å². The Morgan fingerprint density at radius 1 is 1.19 bits per heavy atom. The van der Waals surface area contributed by atoms with Gasteiger partial charge in [-0.3, -0.25) is 0 Å². The van der Waals surface area contributed by atoms with Crippen LogP contribution >= 0.6 is 0 Å².